The molecule has 2 N–H and O–H groups in total. The van der Waals surface area contributed by atoms with Crippen LogP contribution in [-0.4, -0.2) is 23.4 Å². The lowest BCUT2D eigenvalue weighted by Gasteiger charge is -2.10. The van der Waals surface area contributed by atoms with E-state index in [4.69, 9.17) is 4.74 Å². The maximum atomic E-state index is 10.2. The molecule has 2 aromatic carbocycles. The summed E-state index contributed by atoms with van der Waals surface area (Å²) in [5.74, 6) is 0.0604. The first-order chi connectivity index (χ1) is 14.2. The Morgan fingerprint density at radius 1 is 0.690 bits per heavy atom. The molecule has 0 radical (unpaired) electrons. The van der Waals surface area contributed by atoms with Gasteiger partial charge in [0.25, 0.3) is 0 Å². The molecule has 0 spiro atoms. The first kappa shape index (κ1) is 23.5. The third-order valence-corrected chi connectivity index (χ3v) is 5.70. The lowest BCUT2D eigenvalue weighted by molar-refractivity contribution is 0.125. The Bertz CT molecular complexity index is 696. The van der Waals surface area contributed by atoms with Gasteiger partial charge in [0.2, 0.25) is 0 Å². The highest BCUT2D eigenvalue weighted by Gasteiger charge is 2.11. The minimum absolute atomic E-state index is 0.0130. The summed E-state index contributed by atoms with van der Waals surface area (Å²) in [7, 11) is 0. The van der Waals surface area contributed by atoms with Crippen LogP contribution in [-0.2, 0) is 11.2 Å². The van der Waals surface area contributed by atoms with Crippen molar-refractivity contribution < 1.29 is 14.9 Å². The van der Waals surface area contributed by atoms with Crippen LogP contribution in [0.4, 0.5) is 0 Å². The molecule has 3 heteroatoms. The number of aryl methyl sites for hydroxylation is 1. The van der Waals surface area contributed by atoms with Crippen LogP contribution in [0.1, 0.15) is 89.5 Å². The normalized spacial score (nSPS) is 11.3. The molecule has 2 aromatic rings. The van der Waals surface area contributed by atoms with Crippen molar-refractivity contribution in [1.82, 2.24) is 0 Å². The Labute approximate surface area is 177 Å². The van der Waals surface area contributed by atoms with Crippen LogP contribution >= 0.6 is 0 Å². The van der Waals surface area contributed by atoms with Crippen molar-refractivity contribution >= 4 is 10.8 Å². The molecular weight excluding hydrogens is 360 g/mol. The van der Waals surface area contributed by atoms with E-state index in [1.54, 1.807) is 0 Å². The predicted octanol–water partition coefficient (Wildman–Crippen LogP) is 7.51. The monoisotopic (exact) mass is 400 g/mol. The summed E-state index contributed by atoms with van der Waals surface area (Å²) in [5, 5.41) is 22.1. The molecule has 29 heavy (non-hydrogen) atoms. The maximum Gasteiger partial charge on any atom is 0.165 e. The second-order valence-corrected chi connectivity index (χ2v) is 8.21. The molecule has 0 saturated carbocycles. The molecule has 0 unspecified atom stereocenters. The lowest BCUT2D eigenvalue weighted by Crippen LogP contribution is -1.97. The molecule has 0 atom stereocenters. The van der Waals surface area contributed by atoms with Gasteiger partial charge in [-0.05, 0) is 42.7 Å². The van der Waals surface area contributed by atoms with E-state index in [0.717, 1.165) is 49.8 Å². The number of hydrogen-bond donors (Lipinski definition) is 2. The number of benzene rings is 2. The minimum atomic E-state index is 0.0130. The highest BCUT2D eigenvalue weighted by Crippen LogP contribution is 2.37. The number of phenols is 2. The van der Waals surface area contributed by atoms with Crippen LogP contribution in [0.15, 0.2) is 30.3 Å². The Hall–Kier alpha value is -1.74. The molecule has 0 bridgehead atoms. The Kier molecular flexibility index (Phi) is 11.6. The number of ether oxygens (including phenoxy) is 1. The molecule has 0 heterocycles. The number of phenolic OH excluding ortho intramolecular Hbond substituents is 2. The first-order valence-corrected chi connectivity index (χ1v) is 11.7. The van der Waals surface area contributed by atoms with E-state index in [1.165, 1.54) is 57.8 Å². The third kappa shape index (κ3) is 8.65. The Morgan fingerprint density at radius 3 is 1.97 bits per heavy atom. The number of rotatable bonds is 16. The maximum absolute atomic E-state index is 10.2. The highest BCUT2D eigenvalue weighted by atomic mass is 16.5. The first-order valence-electron chi connectivity index (χ1n) is 11.7. The van der Waals surface area contributed by atoms with Crippen LogP contribution in [0, 0.1) is 0 Å². The zero-order valence-corrected chi connectivity index (χ0v) is 18.3. The summed E-state index contributed by atoms with van der Waals surface area (Å²) in [6.45, 7) is 4.08. The van der Waals surface area contributed by atoms with E-state index in [2.05, 4.69) is 6.92 Å². The zero-order valence-electron chi connectivity index (χ0n) is 18.3. The van der Waals surface area contributed by atoms with E-state index in [-0.39, 0.29) is 11.5 Å². The van der Waals surface area contributed by atoms with E-state index >= 15 is 0 Å². The van der Waals surface area contributed by atoms with Gasteiger partial charge < -0.3 is 14.9 Å². The van der Waals surface area contributed by atoms with Crippen molar-refractivity contribution in [2.75, 3.05) is 13.2 Å². The van der Waals surface area contributed by atoms with Crippen LogP contribution in [0.25, 0.3) is 10.8 Å². The second-order valence-electron chi connectivity index (χ2n) is 8.21. The predicted molar refractivity (Wildman–Crippen MR) is 123 cm³/mol. The van der Waals surface area contributed by atoms with Gasteiger partial charge >= 0.3 is 0 Å². The SMILES string of the molecule is CCCCCCCCOCCCCCCCCc1cc2ccccc2c(O)c1O. The van der Waals surface area contributed by atoms with Crippen LogP contribution in [0.5, 0.6) is 11.5 Å². The van der Waals surface area contributed by atoms with Crippen LogP contribution in [0.3, 0.4) is 0 Å². The van der Waals surface area contributed by atoms with Gasteiger partial charge in [-0.15, -0.1) is 0 Å². The molecule has 0 aliphatic heterocycles. The zero-order chi connectivity index (χ0) is 20.7. The quantitative estimate of drug-likeness (QED) is 0.226. The van der Waals surface area contributed by atoms with E-state index in [1.807, 2.05) is 30.3 Å². The average Bonchev–Trinajstić information content (AvgIpc) is 2.74. The molecule has 3 nitrogen and oxygen atoms in total. The molecule has 0 saturated heterocycles. The standard InChI is InChI=1S/C26H40O3/c1-2-3-4-5-9-14-19-29-20-15-10-7-6-8-11-17-23-21-22-16-12-13-18-24(22)26(28)25(23)27/h12-13,16,18,21,27-28H,2-11,14-15,17,19-20H2,1H3. The van der Waals surface area contributed by atoms with E-state index < -0.39 is 0 Å². The Balaban J connectivity index is 1.48. The van der Waals surface area contributed by atoms with Crippen molar-refractivity contribution in [3.8, 4) is 11.5 Å². The van der Waals surface area contributed by atoms with Gasteiger partial charge in [-0.3, -0.25) is 0 Å². The van der Waals surface area contributed by atoms with E-state index in [0.29, 0.717) is 5.39 Å². The third-order valence-electron chi connectivity index (χ3n) is 5.70. The van der Waals surface area contributed by atoms with Gasteiger partial charge in [0.15, 0.2) is 11.5 Å². The number of unbranched alkanes of at least 4 members (excludes halogenated alkanes) is 10. The van der Waals surface area contributed by atoms with Crippen molar-refractivity contribution in [2.45, 2.75) is 90.4 Å². The van der Waals surface area contributed by atoms with Crippen molar-refractivity contribution in [3.05, 3.63) is 35.9 Å². The largest absolute Gasteiger partial charge is 0.504 e. The molecule has 0 fully saturated rings. The average molecular weight is 401 g/mol. The van der Waals surface area contributed by atoms with Gasteiger partial charge in [-0.25, -0.2) is 0 Å². The van der Waals surface area contributed by atoms with Gasteiger partial charge in [-0.2, -0.15) is 0 Å². The van der Waals surface area contributed by atoms with Gasteiger partial charge in [0.1, 0.15) is 0 Å². The minimum Gasteiger partial charge on any atom is -0.504 e. The molecule has 162 valence electrons. The Morgan fingerprint density at radius 2 is 1.28 bits per heavy atom. The topological polar surface area (TPSA) is 49.7 Å². The molecule has 0 aliphatic rings. The summed E-state index contributed by atoms with van der Waals surface area (Å²) in [6, 6.07) is 9.66. The highest BCUT2D eigenvalue weighted by molar-refractivity contribution is 5.91. The van der Waals surface area contributed by atoms with Gasteiger partial charge in [0.05, 0.1) is 0 Å². The molecule has 0 amide bonds. The summed E-state index contributed by atoms with van der Waals surface area (Å²) in [6.07, 6.45) is 15.8. The second kappa shape index (κ2) is 14.3. The smallest absolute Gasteiger partial charge is 0.165 e. The van der Waals surface area contributed by atoms with E-state index in [9.17, 15) is 10.2 Å². The fourth-order valence-electron chi connectivity index (χ4n) is 3.88. The van der Waals surface area contributed by atoms with Gasteiger partial charge in [0, 0.05) is 18.6 Å². The molecule has 0 aromatic heterocycles. The lowest BCUT2D eigenvalue weighted by atomic mass is 9.99. The fraction of sp³-hybridized carbons (Fsp3) is 0.615. The van der Waals surface area contributed by atoms with Crippen molar-refractivity contribution in [3.63, 3.8) is 0 Å². The van der Waals surface area contributed by atoms with Crippen molar-refractivity contribution in [2.24, 2.45) is 0 Å². The summed E-state index contributed by atoms with van der Waals surface area (Å²) in [4.78, 5) is 0. The number of aromatic hydroxyl groups is 2. The molecule has 2 rings (SSSR count). The molecule has 0 aliphatic carbocycles. The van der Waals surface area contributed by atoms with Gasteiger partial charge in [-0.1, -0.05) is 89.0 Å². The fourth-order valence-corrected chi connectivity index (χ4v) is 3.88. The summed E-state index contributed by atoms with van der Waals surface area (Å²) >= 11 is 0. The summed E-state index contributed by atoms with van der Waals surface area (Å²) in [5.41, 5.74) is 0.851. The number of fused-ring (bicyclic) bond motifs is 1. The number of hydrogen-bond acceptors (Lipinski definition) is 3. The summed E-state index contributed by atoms with van der Waals surface area (Å²) < 4.78 is 5.73. The van der Waals surface area contributed by atoms with Crippen LogP contribution < -0.4 is 0 Å². The van der Waals surface area contributed by atoms with Crippen LogP contribution in [0.2, 0.25) is 0 Å². The van der Waals surface area contributed by atoms with Crippen molar-refractivity contribution in [1.29, 1.82) is 0 Å². The molecular formula is C26H40O3.